The van der Waals surface area contributed by atoms with Gasteiger partial charge in [0.15, 0.2) is 0 Å². The van der Waals surface area contributed by atoms with E-state index in [9.17, 15) is 4.79 Å². The molecule has 0 aromatic heterocycles. The van der Waals surface area contributed by atoms with Crippen molar-refractivity contribution in [2.24, 2.45) is 0 Å². The van der Waals surface area contributed by atoms with Crippen molar-refractivity contribution in [3.05, 3.63) is 66.2 Å². The van der Waals surface area contributed by atoms with Crippen LogP contribution in [0.15, 0.2) is 60.7 Å². The topological polar surface area (TPSA) is 58.6 Å². The molecule has 0 saturated carbocycles. The predicted octanol–water partition coefficient (Wildman–Crippen LogP) is 2.69. The van der Waals surface area contributed by atoms with Gasteiger partial charge in [-0.15, -0.1) is 0 Å². The summed E-state index contributed by atoms with van der Waals surface area (Å²) in [6.07, 6.45) is -0.205. The molecular weight excluding hydrogens is 278 g/mol. The number of ether oxygens (including phenoxy) is 1. The lowest BCUT2D eigenvalue weighted by Crippen LogP contribution is -2.38. The second-order valence-electron chi connectivity index (χ2n) is 5.14. The summed E-state index contributed by atoms with van der Waals surface area (Å²) in [7, 11) is 0. The third-order valence-corrected chi connectivity index (χ3v) is 3.29. The molecule has 0 saturated heterocycles. The highest BCUT2D eigenvalue weighted by Crippen LogP contribution is 2.22. The van der Waals surface area contributed by atoms with E-state index in [1.807, 2.05) is 67.6 Å². The second kappa shape index (κ2) is 8.20. The number of hydrogen-bond acceptors (Lipinski definition) is 3. The summed E-state index contributed by atoms with van der Waals surface area (Å²) in [6.45, 7) is 1.90. The Kier molecular flexibility index (Phi) is 5.98. The zero-order valence-corrected chi connectivity index (χ0v) is 12.6. The summed E-state index contributed by atoms with van der Waals surface area (Å²) in [6, 6.07) is 18.5. The maximum Gasteiger partial charge on any atom is 0.266 e. The summed E-state index contributed by atoms with van der Waals surface area (Å²) in [5.74, 6) is 0.428. The van der Waals surface area contributed by atoms with Gasteiger partial charge in [0.05, 0.1) is 0 Å². The molecule has 2 aromatic rings. The van der Waals surface area contributed by atoms with E-state index in [1.54, 1.807) is 0 Å². The van der Waals surface area contributed by atoms with Crippen molar-refractivity contribution in [3.63, 3.8) is 0 Å². The molecular formula is C18H21NO3. The number of rotatable bonds is 7. The van der Waals surface area contributed by atoms with Gasteiger partial charge < -0.3 is 15.2 Å². The molecule has 0 aliphatic carbocycles. The Hall–Kier alpha value is -2.33. The van der Waals surface area contributed by atoms with Crippen LogP contribution in [0.4, 0.5) is 0 Å². The Morgan fingerprint density at radius 1 is 1.09 bits per heavy atom. The van der Waals surface area contributed by atoms with Crippen LogP contribution < -0.4 is 10.1 Å². The molecule has 2 rings (SSSR count). The van der Waals surface area contributed by atoms with Crippen LogP contribution in [0.5, 0.6) is 5.75 Å². The van der Waals surface area contributed by atoms with Gasteiger partial charge in [-0.05, 0) is 25.5 Å². The van der Waals surface area contributed by atoms with Crippen LogP contribution in [0, 0.1) is 0 Å². The summed E-state index contributed by atoms with van der Waals surface area (Å²) >= 11 is 0. The summed E-state index contributed by atoms with van der Waals surface area (Å²) in [4.78, 5) is 12.5. The van der Waals surface area contributed by atoms with Gasteiger partial charge in [0, 0.05) is 18.2 Å². The second-order valence-corrected chi connectivity index (χ2v) is 5.14. The van der Waals surface area contributed by atoms with E-state index in [2.05, 4.69) is 5.32 Å². The molecule has 0 aliphatic heterocycles. The Labute approximate surface area is 130 Å². The van der Waals surface area contributed by atoms with Crippen LogP contribution in [-0.4, -0.2) is 23.7 Å². The minimum absolute atomic E-state index is 0.0387. The van der Waals surface area contributed by atoms with Gasteiger partial charge in [-0.2, -0.15) is 0 Å². The minimum atomic E-state index is -0.718. The number of carbonyl (C=O) groups is 1. The average Bonchev–Trinajstić information content (AvgIpc) is 2.54. The van der Waals surface area contributed by atoms with Crippen molar-refractivity contribution in [1.82, 2.24) is 5.32 Å². The van der Waals surface area contributed by atoms with Crippen molar-refractivity contribution >= 4 is 5.91 Å². The van der Waals surface area contributed by atoms with Crippen LogP contribution in [-0.2, 0) is 4.79 Å². The highest BCUT2D eigenvalue weighted by molar-refractivity contribution is 5.82. The third-order valence-electron chi connectivity index (χ3n) is 3.29. The number of para-hydroxylation sites is 1. The Morgan fingerprint density at radius 3 is 2.27 bits per heavy atom. The van der Waals surface area contributed by atoms with E-state index in [4.69, 9.17) is 9.84 Å². The van der Waals surface area contributed by atoms with Crippen LogP contribution in [0.3, 0.4) is 0 Å². The molecule has 0 fully saturated rings. The van der Waals surface area contributed by atoms with Gasteiger partial charge in [0.2, 0.25) is 6.10 Å². The number of carbonyl (C=O) groups excluding carboxylic acids is 1. The molecule has 0 spiro atoms. The van der Waals surface area contributed by atoms with Crippen molar-refractivity contribution in [1.29, 1.82) is 0 Å². The molecule has 22 heavy (non-hydrogen) atoms. The maximum absolute atomic E-state index is 12.5. The van der Waals surface area contributed by atoms with Crippen LogP contribution in [0.25, 0.3) is 0 Å². The molecule has 2 unspecified atom stereocenters. The van der Waals surface area contributed by atoms with Crippen LogP contribution in [0.2, 0.25) is 0 Å². The average molecular weight is 299 g/mol. The number of nitrogens with one attached hydrogen (secondary N) is 1. The minimum Gasteiger partial charge on any atom is -0.476 e. The largest absolute Gasteiger partial charge is 0.476 e. The van der Waals surface area contributed by atoms with Crippen molar-refractivity contribution in [2.75, 3.05) is 6.61 Å². The lowest BCUT2D eigenvalue weighted by atomic mass is 10.1. The lowest BCUT2D eigenvalue weighted by Gasteiger charge is -2.21. The van der Waals surface area contributed by atoms with E-state index < -0.39 is 6.10 Å². The SMILES string of the molecule is CC(CCO)NC(=O)C(Oc1ccccc1)c1ccccc1. The number of amides is 1. The summed E-state index contributed by atoms with van der Waals surface area (Å²) < 4.78 is 5.87. The van der Waals surface area contributed by atoms with Gasteiger partial charge in [-0.1, -0.05) is 48.5 Å². The van der Waals surface area contributed by atoms with Crippen molar-refractivity contribution in [3.8, 4) is 5.75 Å². The highest BCUT2D eigenvalue weighted by Gasteiger charge is 2.23. The Bertz CT molecular complexity index is 571. The first-order chi connectivity index (χ1) is 10.7. The van der Waals surface area contributed by atoms with Crippen LogP contribution >= 0.6 is 0 Å². The third kappa shape index (κ3) is 4.60. The molecule has 0 aliphatic rings. The molecule has 2 atom stereocenters. The molecule has 0 radical (unpaired) electrons. The normalized spacial score (nSPS) is 13.2. The van der Waals surface area contributed by atoms with E-state index in [0.717, 1.165) is 5.56 Å². The zero-order chi connectivity index (χ0) is 15.8. The molecule has 116 valence electrons. The Morgan fingerprint density at radius 2 is 1.68 bits per heavy atom. The van der Waals surface area contributed by atoms with Gasteiger partial charge in [0.25, 0.3) is 5.91 Å². The monoisotopic (exact) mass is 299 g/mol. The predicted molar refractivity (Wildman–Crippen MR) is 85.6 cm³/mol. The van der Waals surface area contributed by atoms with E-state index >= 15 is 0 Å². The quantitative estimate of drug-likeness (QED) is 0.826. The van der Waals surface area contributed by atoms with Crippen LogP contribution in [0.1, 0.15) is 25.0 Å². The zero-order valence-electron chi connectivity index (χ0n) is 12.6. The number of aliphatic hydroxyl groups is 1. The fourth-order valence-electron chi connectivity index (χ4n) is 2.12. The first kappa shape index (κ1) is 16.0. The summed E-state index contributed by atoms with van der Waals surface area (Å²) in [5.41, 5.74) is 0.792. The lowest BCUT2D eigenvalue weighted by molar-refractivity contribution is -0.129. The molecule has 1 amide bonds. The highest BCUT2D eigenvalue weighted by atomic mass is 16.5. The first-order valence-corrected chi connectivity index (χ1v) is 7.38. The van der Waals surface area contributed by atoms with Gasteiger partial charge in [0.1, 0.15) is 5.75 Å². The number of hydrogen-bond donors (Lipinski definition) is 2. The molecule has 0 bridgehead atoms. The van der Waals surface area contributed by atoms with Gasteiger partial charge in [-0.3, -0.25) is 4.79 Å². The van der Waals surface area contributed by atoms with Gasteiger partial charge in [-0.25, -0.2) is 0 Å². The molecule has 2 N–H and O–H groups in total. The fraction of sp³-hybridized carbons (Fsp3) is 0.278. The first-order valence-electron chi connectivity index (χ1n) is 7.38. The van der Waals surface area contributed by atoms with E-state index in [0.29, 0.717) is 12.2 Å². The molecule has 2 aromatic carbocycles. The van der Waals surface area contributed by atoms with E-state index in [1.165, 1.54) is 0 Å². The number of aliphatic hydroxyl groups excluding tert-OH is 1. The van der Waals surface area contributed by atoms with Crippen molar-refractivity contribution in [2.45, 2.75) is 25.5 Å². The van der Waals surface area contributed by atoms with Gasteiger partial charge >= 0.3 is 0 Å². The Balaban J connectivity index is 2.16. The number of benzene rings is 2. The smallest absolute Gasteiger partial charge is 0.266 e. The standard InChI is InChI=1S/C18H21NO3/c1-14(12-13-20)19-18(21)17(15-8-4-2-5-9-15)22-16-10-6-3-7-11-16/h2-11,14,17,20H,12-13H2,1H3,(H,19,21). The van der Waals surface area contributed by atoms with Crippen molar-refractivity contribution < 1.29 is 14.6 Å². The molecule has 4 nitrogen and oxygen atoms in total. The maximum atomic E-state index is 12.5. The fourth-order valence-corrected chi connectivity index (χ4v) is 2.12. The van der Waals surface area contributed by atoms with E-state index in [-0.39, 0.29) is 18.6 Å². The molecule has 4 heteroatoms. The summed E-state index contributed by atoms with van der Waals surface area (Å²) in [5, 5.41) is 11.8. The molecule has 0 heterocycles.